The Labute approximate surface area is 55.7 Å². The summed E-state index contributed by atoms with van der Waals surface area (Å²) in [7, 11) is -3.13. The molecule has 0 aromatic heterocycles. The second kappa shape index (κ2) is 3.28. The van der Waals surface area contributed by atoms with Crippen molar-refractivity contribution >= 4 is 8.56 Å². The lowest BCUT2D eigenvalue weighted by Crippen LogP contribution is -2.52. The van der Waals surface area contributed by atoms with Crippen LogP contribution < -0.4 is 11.5 Å². The fourth-order valence-electron chi connectivity index (χ4n) is 0.440. The smallest absolute Gasteiger partial charge is 0.351 e. The zero-order chi connectivity index (χ0) is 7.49. The first-order chi connectivity index (χ1) is 4.00. The average Bonchev–Trinajstić information content (AvgIpc) is 1.65. The second-order valence-electron chi connectivity index (χ2n) is 2.21. The molecule has 1 unspecified atom stereocenters. The van der Waals surface area contributed by atoms with Crippen LogP contribution in [0, 0.1) is 0 Å². The zero-order valence-electron chi connectivity index (χ0n) is 5.54. The number of rotatable bonds is 3. The van der Waals surface area contributed by atoms with E-state index in [0.717, 1.165) is 0 Å². The van der Waals surface area contributed by atoms with Gasteiger partial charge in [-0.25, -0.2) is 0 Å². The summed E-state index contributed by atoms with van der Waals surface area (Å²) in [5.41, 5.74) is 9.86. The second-order valence-corrected chi connectivity index (χ2v) is 5.37. The van der Waals surface area contributed by atoms with E-state index >= 15 is 0 Å². The molecule has 0 amide bonds. The highest BCUT2D eigenvalue weighted by Crippen LogP contribution is 2.02. The van der Waals surface area contributed by atoms with Crippen molar-refractivity contribution in [3.8, 4) is 0 Å². The van der Waals surface area contributed by atoms with Crippen LogP contribution in [0.4, 0.5) is 0 Å². The van der Waals surface area contributed by atoms with Crippen molar-refractivity contribution in [1.29, 1.82) is 0 Å². The van der Waals surface area contributed by atoms with E-state index < -0.39 is 14.2 Å². The van der Waals surface area contributed by atoms with Gasteiger partial charge < -0.3 is 21.1 Å². The summed E-state index contributed by atoms with van der Waals surface area (Å²) in [4.78, 5) is 18.2. The van der Waals surface area contributed by atoms with Gasteiger partial charge in [0.05, 0.1) is 0 Å². The van der Waals surface area contributed by atoms with E-state index in [0.29, 0.717) is 6.54 Å². The third kappa shape index (κ3) is 2.92. The third-order valence-corrected chi connectivity index (χ3v) is 3.72. The molecule has 1 atom stereocenters. The first-order valence-electron chi connectivity index (χ1n) is 2.91. The maximum atomic E-state index is 9.08. The molecule has 0 saturated carbocycles. The Morgan fingerprint density at radius 2 is 2.00 bits per heavy atom. The topological polar surface area (TPSA) is 92.5 Å². The molecule has 4 nitrogen and oxygen atoms in total. The summed E-state index contributed by atoms with van der Waals surface area (Å²) in [6.45, 7) is 1.88. The summed E-state index contributed by atoms with van der Waals surface area (Å²) in [6.07, 6.45) is 0. The predicted octanol–water partition coefficient (Wildman–Crippen LogP) is -1.74. The van der Waals surface area contributed by atoms with Gasteiger partial charge in [-0.15, -0.1) is 0 Å². The molecule has 0 spiro atoms. The number of hydrogen-bond acceptors (Lipinski definition) is 4. The minimum absolute atomic E-state index is 0.255. The minimum atomic E-state index is -3.13. The van der Waals surface area contributed by atoms with Crippen LogP contribution in [0.15, 0.2) is 0 Å². The molecule has 0 saturated heterocycles. The quantitative estimate of drug-likeness (QED) is 0.359. The number of hydrogen-bond donors (Lipinski definition) is 4. The van der Waals surface area contributed by atoms with Crippen LogP contribution in [0.1, 0.15) is 6.92 Å². The van der Waals surface area contributed by atoms with E-state index in [9.17, 15) is 0 Å². The average molecular weight is 150 g/mol. The van der Waals surface area contributed by atoms with E-state index in [1.165, 1.54) is 0 Å². The molecule has 6 N–H and O–H groups in total. The van der Waals surface area contributed by atoms with Crippen LogP contribution in [0.5, 0.6) is 0 Å². The molecule has 0 aromatic rings. The lowest BCUT2D eigenvalue weighted by atomic mass is 10.8. The van der Waals surface area contributed by atoms with Crippen molar-refractivity contribution in [1.82, 2.24) is 0 Å². The molecule has 56 valence electrons. The van der Waals surface area contributed by atoms with Gasteiger partial charge in [0, 0.05) is 11.7 Å². The Hall–Kier alpha value is 0.0569. The Morgan fingerprint density at radius 3 is 2.11 bits per heavy atom. The van der Waals surface area contributed by atoms with Crippen LogP contribution in [-0.4, -0.2) is 30.4 Å². The molecule has 0 aliphatic rings. The molecular formula is C4H14N2O2Si. The lowest BCUT2D eigenvalue weighted by molar-refractivity contribution is 0.343. The summed E-state index contributed by atoms with van der Waals surface area (Å²) >= 11 is 0. The highest BCUT2D eigenvalue weighted by molar-refractivity contribution is 6.66. The lowest BCUT2D eigenvalue weighted by Gasteiger charge is -2.20. The van der Waals surface area contributed by atoms with E-state index in [4.69, 9.17) is 21.1 Å². The number of nitrogens with two attached hydrogens (primary N) is 2. The Bertz CT molecular complexity index is 86.6. The summed E-state index contributed by atoms with van der Waals surface area (Å²) in [5.74, 6) is 0. The van der Waals surface area contributed by atoms with Crippen molar-refractivity contribution in [2.24, 2.45) is 11.5 Å². The van der Waals surface area contributed by atoms with Crippen molar-refractivity contribution in [2.45, 2.75) is 18.6 Å². The molecule has 0 bridgehead atoms. The molecule has 0 rings (SSSR count). The molecule has 9 heavy (non-hydrogen) atoms. The normalized spacial score (nSPS) is 15.7. The SMILES string of the molecule is CC(N)[Si](O)(O)CCN. The van der Waals surface area contributed by atoms with E-state index in [-0.39, 0.29) is 6.04 Å². The van der Waals surface area contributed by atoms with Crippen LogP contribution in [-0.2, 0) is 0 Å². The molecule has 0 radical (unpaired) electrons. The molecule has 0 heterocycles. The van der Waals surface area contributed by atoms with Crippen LogP contribution >= 0.6 is 0 Å². The molecule has 0 aromatic carbocycles. The zero-order valence-corrected chi connectivity index (χ0v) is 6.54. The highest BCUT2D eigenvalue weighted by atomic mass is 28.4. The Balaban J connectivity index is 3.70. The fraction of sp³-hybridized carbons (Fsp3) is 1.00. The fourth-order valence-corrected chi connectivity index (χ4v) is 1.32. The maximum Gasteiger partial charge on any atom is 0.351 e. The van der Waals surface area contributed by atoms with Gasteiger partial charge in [-0.2, -0.15) is 0 Å². The van der Waals surface area contributed by atoms with Gasteiger partial charge in [-0.3, -0.25) is 0 Å². The summed E-state index contributed by atoms with van der Waals surface area (Å²) in [5, 5.41) is 0. The molecule has 5 heteroatoms. The molecule has 0 aliphatic carbocycles. The Morgan fingerprint density at radius 1 is 1.56 bits per heavy atom. The maximum absolute atomic E-state index is 9.08. The molecule has 0 fully saturated rings. The van der Waals surface area contributed by atoms with Gasteiger partial charge in [0.15, 0.2) is 0 Å². The first kappa shape index (κ1) is 9.06. The molecule has 0 aliphatic heterocycles. The van der Waals surface area contributed by atoms with Crippen molar-refractivity contribution in [2.75, 3.05) is 6.54 Å². The third-order valence-electron chi connectivity index (χ3n) is 1.24. The predicted molar refractivity (Wildman–Crippen MR) is 37.7 cm³/mol. The van der Waals surface area contributed by atoms with Crippen LogP contribution in [0.25, 0.3) is 0 Å². The largest absolute Gasteiger partial charge is 0.410 e. The van der Waals surface area contributed by atoms with Gasteiger partial charge >= 0.3 is 8.56 Å². The first-order valence-corrected chi connectivity index (χ1v) is 5.09. The van der Waals surface area contributed by atoms with Crippen molar-refractivity contribution in [3.05, 3.63) is 0 Å². The van der Waals surface area contributed by atoms with Gasteiger partial charge in [-0.05, 0) is 13.5 Å². The van der Waals surface area contributed by atoms with Crippen LogP contribution in [0.2, 0.25) is 6.04 Å². The monoisotopic (exact) mass is 150 g/mol. The highest BCUT2D eigenvalue weighted by Gasteiger charge is 2.32. The standard InChI is InChI=1S/C4H14N2O2Si/c1-4(6)9(7,8)3-2-5/h4,7-8H,2-3,5-6H2,1H3. The Kier molecular flexibility index (Phi) is 3.30. The minimum Gasteiger partial charge on any atom is -0.410 e. The van der Waals surface area contributed by atoms with Gasteiger partial charge in [-0.1, -0.05) is 0 Å². The van der Waals surface area contributed by atoms with Gasteiger partial charge in [0.1, 0.15) is 0 Å². The summed E-state index contributed by atoms with van der Waals surface area (Å²) in [6, 6.07) is 0.255. The van der Waals surface area contributed by atoms with Crippen molar-refractivity contribution in [3.63, 3.8) is 0 Å². The van der Waals surface area contributed by atoms with E-state index in [2.05, 4.69) is 0 Å². The van der Waals surface area contributed by atoms with Crippen molar-refractivity contribution < 1.29 is 9.59 Å². The van der Waals surface area contributed by atoms with E-state index in [1.54, 1.807) is 6.92 Å². The van der Waals surface area contributed by atoms with Crippen LogP contribution in [0.3, 0.4) is 0 Å². The van der Waals surface area contributed by atoms with E-state index in [1.807, 2.05) is 0 Å². The van der Waals surface area contributed by atoms with Gasteiger partial charge in [0.25, 0.3) is 0 Å². The van der Waals surface area contributed by atoms with Gasteiger partial charge in [0.2, 0.25) is 0 Å². The summed E-state index contributed by atoms with van der Waals surface area (Å²) < 4.78 is 0. The molecular weight excluding hydrogens is 136 g/mol.